The normalized spacial score (nSPS) is 17.4. The topological polar surface area (TPSA) is 55.8 Å². The average molecular weight is 347 g/mol. The van der Waals surface area contributed by atoms with Gasteiger partial charge in [0, 0.05) is 13.0 Å². The van der Waals surface area contributed by atoms with Crippen LogP contribution in [-0.2, 0) is 19.7 Å². The number of likely N-dealkylation sites (tertiary alicyclic amines) is 1. The van der Waals surface area contributed by atoms with Gasteiger partial charge in [-0.3, -0.25) is 4.79 Å². The Balaban J connectivity index is 1.75. The first kappa shape index (κ1) is 19.3. The van der Waals surface area contributed by atoms with Crippen LogP contribution in [0.1, 0.15) is 52.0 Å². The third-order valence-electron chi connectivity index (χ3n) is 4.57. The molecule has 5 heteroatoms. The van der Waals surface area contributed by atoms with Crippen LogP contribution in [0.2, 0.25) is 0 Å². The highest BCUT2D eigenvalue weighted by atomic mass is 16.5. The zero-order chi connectivity index (χ0) is 18.4. The second kappa shape index (κ2) is 8.37. The van der Waals surface area contributed by atoms with Crippen LogP contribution in [0.5, 0.6) is 5.75 Å². The lowest BCUT2D eigenvalue weighted by molar-refractivity contribution is -0.151. The Kier molecular flexibility index (Phi) is 6.45. The van der Waals surface area contributed by atoms with Crippen molar-refractivity contribution in [3.05, 3.63) is 29.8 Å². The van der Waals surface area contributed by atoms with E-state index in [4.69, 9.17) is 9.47 Å². The number of benzene rings is 1. The number of carbonyl (C=O) groups is 2. The summed E-state index contributed by atoms with van der Waals surface area (Å²) >= 11 is 0. The maximum atomic E-state index is 12.3. The first-order valence-electron chi connectivity index (χ1n) is 8.93. The zero-order valence-corrected chi connectivity index (χ0v) is 15.7. The molecular formula is C20H29NO4. The molecule has 1 aliphatic rings. The molecule has 1 heterocycles. The summed E-state index contributed by atoms with van der Waals surface area (Å²) in [5.74, 6) is 0.495. The van der Waals surface area contributed by atoms with E-state index in [0.29, 0.717) is 32.4 Å². The molecule has 1 aromatic carbocycles. The Morgan fingerprint density at radius 1 is 1.20 bits per heavy atom. The molecule has 0 aromatic heterocycles. The summed E-state index contributed by atoms with van der Waals surface area (Å²) in [4.78, 5) is 25.6. The Hall–Kier alpha value is -2.04. The molecule has 0 bridgehead atoms. The molecule has 0 spiro atoms. The van der Waals surface area contributed by atoms with Gasteiger partial charge < -0.3 is 14.4 Å². The monoisotopic (exact) mass is 347 g/mol. The van der Waals surface area contributed by atoms with Crippen molar-refractivity contribution < 1.29 is 19.1 Å². The highest BCUT2D eigenvalue weighted by Crippen LogP contribution is 2.24. The molecule has 1 atom stereocenters. The van der Waals surface area contributed by atoms with Crippen molar-refractivity contribution in [3.63, 3.8) is 0 Å². The van der Waals surface area contributed by atoms with E-state index in [-0.39, 0.29) is 17.3 Å². The van der Waals surface area contributed by atoms with Crippen molar-refractivity contribution in [1.29, 1.82) is 0 Å². The lowest BCUT2D eigenvalue weighted by Crippen LogP contribution is -2.41. The van der Waals surface area contributed by atoms with E-state index >= 15 is 0 Å². The number of amides is 1. The Labute approximate surface area is 150 Å². The average Bonchev–Trinajstić information content (AvgIpc) is 3.07. The van der Waals surface area contributed by atoms with Crippen LogP contribution in [0.15, 0.2) is 24.3 Å². The lowest BCUT2D eigenvalue weighted by Gasteiger charge is -2.22. The highest BCUT2D eigenvalue weighted by molar-refractivity contribution is 5.85. The van der Waals surface area contributed by atoms with Crippen molar-refractivity contribution in [2.75, 3.05) is 20.3 Å². The minimum absolute atomic E-state index is 0.000388. The molecule has 0 saturated carbocycles. The molecule has 2 rings (SSSR count). The van der Waals surface area contributed by atoms with Gasteiger partial charge in [0.15, 0.2) is 0 Å². The minimum atomic E-state index is -0.414. The summed E-state index contributed by atoms with van der Waals surface area (Å²) in [6, 6.07) is 7.67. The molecular weight excluding hydrogens is 318 g/mol. The molecule has 0 N–H and O–H groups in total. The van der Waals surface area contributed by atoms with Gasteiger partial charge >= 0.3 is 5.97 Å². The number of hydrogen-bond donors (Lipinski definition) is 0. The van der Waals surface area contributed by atoms with Gasteiger partial charge in [-0.1, -0.05) is 32.9 Å². The van der Waals surface area contributed by atoms with Crippen LogP contribution in [-0.4, -0.2) is 43.1 Å². The van der Waals surface area contributed by atoms with Gasteiger partial charge in [-0.2, -0.15) is 0 Å². The fourth-order valence-electron chi connectivity index (χ4n) is 3.05. The van der Waals surface area contributed by atoms with E-state index in [1.807, 2.05) is 12.1 Å². The van der Waals surface area contributed by atoms with E-state index in [9.17, 15) is 9.59 Å². The second-order valence-electron chi connectivity index (χ2n) is 7.49. The van der Waals surface area contributed by atoms with Crippen LogP contribution in [0.4, 0.5) is 0 Å². The SMILES string of the molecule is COC(=O)C1CCCN1C(=O)CCCOc1ccc(C(C)(C)C)cc1. The first-order chi connectivity index (χ1) is 11.8. The standard InChI is InChI=1S/C20H29NO4/c1-20(2,3)15-9-11-16(12-10-15)25-14-6-8-18(22)21-13-5-7-17(21)19(23)24-4/h9-12,17H,5-8,13-14H2,1-4H3. The maximum absolute atomic E-state index is 12.3. The summed E-state index contributed by atoms with van der Waals surface area (Å²) in [6.45, 7) is 7.64. The predicted octanol–water partition coefficient (Wildman–Crippen LogP) is 3.31. The Bertz CT molecular complexity index is 589. The van der Waals surface area contributed by atoms with Crippen molar-refractivity contribution in [1.82, 2.24) is 4.90 Å². The third kappa shape index (κ3) is 5.21. The smallest absolute Gasteiger partial charge is 0.328 e. The van der Waals surface area contributed by atoms with E-state index in [2.05, 4.69) is 32.9 Å². The maximum Gasteiger partial charge on any atom is 0.328 e. The van der Waals surface area contributed by atoms with Crippen LogP contribution >= 0.6 is 0 Å². The van der Waals surface area contributed by atoms with E-state index in [1.54, 1.807) is 4.90 Å². The molecule has 138 valence electrons. The minimum Gasteiger partial charge on any atom is -0.494 e. The largest absolute Gasteiger partial charge is 0.494 e. The molecule has 1 amide bonds. The molecule has 5 nitrogen and oxygen atoms in total. The number of nitrogens with zero attached hydrogens (tertiary/aromatic N) is 1. The van der Waals surface area contributed by atoms with Crippen LogP contribution in [0.3, 0.4) is 0 Å². The number of hydrogen-bond acceptors (Lipinski definition) is 4. The Morgan fingerprint density at radius 2 is 1.88 bits per heavy atom. The molecule has 1 aliphatic heterocycles. The molecule has 25 heavy (non-hydrogen) atoms. The lowest BCUT2D eigenvalue weighted by atomic mass is 9.87. The van der Waals surface area contributed by atoms with Gasteiger partial charge in [0.05, 0.1) is 13.7 Å². The summed E-state index contributed by atoms with van der Waals surface area (Å²) in [7, 11) is 1.36. The quantitative estimate of drug-likeness (QED) is 0.585. The number of rotatable bonds is 6. The third-order valence-corrected chi connectivity index (χ3v) is 4.57. The van der Waals surface area contributed by atoms with Crippen LogP contribution in [0.25, 0.3) is 0 Å². The van der Waals surface area contributed by atoms with Crippen molar-refractivity contribution in [3.8, 4) is 5.75 Å². The van der Waals surface area contributed by atoms with Gasteiger partial charge in [-0.15, -0.1) is 0 Å². The van der Waals surface area contributed by atoms with Crippen LogP contribution in [0, 0.1) is 0 Å². The van der Waals surface area contributed by atoms with Crippen molar-refractivity contribution in [2.45, 2.75) is 57.9 Å². The summed E-state index contributed by atoms with van der Waals surface area (Å²) in [5, 5.41) is 0. The van der Waals surface area contributed by atoms with E-state index < -0.39 is 6.04 Å². The highest BCUT2D eigenvalue weighted by Gasteiger charge is 2.34. The van der Waals surface area contributed by atoms with Gasteiger partial charge in [0.1, 0.15) is 11.8 Å². The second-order valence-corrected chi connectivity index (χ2v) is 7.49. The van der Waals surface area contributed by atoms with Gasteiger partial charge in [0.2, 0.25) is 5.91 Å². The summed E-state index contributed by atoms with van der Waals surface area (Å²) in [5.41, 5.74) is 1.38. The zero-order valence-electron chi connectivity index (χ0n) is 15.7. The van der Waals surface area contributed by atoms with Gasteiger partial charge in [-0.05, 0) is 42.4 Å². The fourth-order valence-corrected chi connectivity index (χ4v) is 3.05. The van der Waals surface area contributed by atoms with Crippen molar-refractivity contribution in [2.24, 2.45) is 0 Å². The number of ether oxygens (including phenoxy) is 2. The van der Waals surface area contributed by atoms with Crippen LogP contribution < -0.4 is 4.74 Å². The Morgan fingerprint density at radius 3 is 2.48 bits per heavy atom. The first-order valence-corrected chi connectivity index (χ1v) is 8.93. The molecule has 1 unspecified atom stereocenters. The fraction of sp³-hybridized carbons (Fsp3) is 0.600. The molecule has 1 aromatic rings. The molecule has 1 fully saturated rings. The van der Waals surface area contributed by atoms with Crippen molar-refractivity contribution >= 4 is 11.9 Å². The number of carbonyl (C=O) groups excluding carboxylic acids is 2. The summed E-state index contributed by atoms with van der Waals surface area (Å²) in [6.07, 6.45) is 2.55. The molecule has 1 saturated heterocycles. The van der Waals surface area contributed by atoms with Gasteiger partial charge in [-0.25, -0.2) is 4.79 Å². The van der Waals surface area contributed by atoms with Gasteiger partial charge in [0.25, 0.3) is 0 Å². The summed E-state index contributed by atoms with van der Waals surface area (Å²) < 4.78 is 10.5. The predicted molar refractivity (Wildman–Crippen MR) is 96.6 cm³/mol. The van der Waals surface area contributed by atoms with E-state index in [1.165, 1.54) is 12.7 Å². The number of esters is 1. The molecule has 0 aliphatic carbocycles. The molecule has 0 radical (unpaired) electrons. The van der Waals surface area contributed by atoms with E-state index in [0.717, 1.165) is 12.2 Å². The number of methoxy groups -OCH3 is 1.